The van der Waals surface area contributed by atoms with Gasteiger partial charge in [-0.25, -0.2) is 4.79 Å². The van der Waals surface area contributed by atoms with Crippen LogP contribution in [-0.4, -0.2) is 30.4 Å². The molecule has 0 bridgehead atoms. The van der Waals surface area contributed by atoms with Gasteiger partial charge in [0.1, 0.15) is 5.75 Å². The predicted molar refractivity (Wildman–Crippen MR) is 84.8 cm³/mol. The number of aryl methyl sites for hydroxylation is 1. The van der Waals surface area contributed by atoms with E-state index in [4.69, 9.17) is 4.74 Å². The molecule has 0 fully saturated rings. The van der Waals surface area contributed by atoms with Crippen LogP contribution in [0.3, 0.4) is 0 Å². The Morgan fingerprint density at radius 1 is 1.48 bits per heavy atom. The molecule has 0 aliphatic rings. The number of amides is 2. The Hall–Kier alpha value is -1.75. The Labute approximate surface area is 126 Å². The second-order valence-corrected chi connectivity index (χ2v) is 5.68. The molecule has 1 rings (SSSR count). The first kappa shape index (κ1) is 17.3. The lowest BCUT2D eigenvalue weighted by atomic mass is 9.89. The number of nitrogens with one attached hydrogen (secondary N) is 2. The molecule has 0 aromatic heterocycles. The Balaban J connectivity index is 2.64. The second kappa shape index (κ2) is 7.31. The molecule has 0 saturated carbocycles. The van der Waals surface area contributed by atoms with E-state index in [1.54, 1.807) is 20.1 Å². The molecule has 5 heteroatoms. The maximum absolute atomic E-state index is 12.0. The van der Waals surface area contributed by atoms with Crippen molar-refractivity contribution in [3.05, 3.63) is 23.8 Å². The van der Waals surface area contributed by atoms with Crippen LogP contribution in [0.2, 0.25) is 0 Å². The molecule has 1 aromatic rings. The van der Waals surface area contributed by atoms with Crippen molar-refractivity contribution in [2.24, 2.45) is 5.92 Å². The van der Waals surface area contributed by atoms with Crippen molar-refractivity contribution in [1.82, 2.24) is 5.32 Å². The van der Waals surface area contributed by atoms with Crippen LogP contribution in [0.5, 0.6) is 5.75 Å². The van der Waals surface area contributed by atoms with Crippen LogP contribution in [0.15, 0.2) is 18.2 Å². The minimum atomic E-state index is -0.928. The zero-order chi connectivity index (χ0) is 16.0. The Bertz CT molecular complexity index is 486. The van der Waals surface area contributed by atoms with Gasteiger partial charge >= 0.3 is 6.03 Å². The number of benzene rings is 1. The quantitative estimate of drug-likeness (QED) is 0.755. The van der Waals surface area contributed by atoms with Crippen LogP contribution >= 0.6 is 0 Å². The molecule has 0 aliphatic heterocycles. The van der Waals surface area contributed by atoms with Crippen molar-refractivity contribution in [3.63, 3.8) is 0 Å². The molecule has 3 N–H and O–H groups in total. The van der Waals surface area contributed by atoms with Crippen molar-refractivity contribution in [3.8, 4) is 5.75 Å². The van der Waals surface area contributed by atoms with Crippen LogP contribution in [0.4, 0.5) is 10.5 Å². The van der Waals surface area contributed by atoms with Gasteiger partial charge in [-0.2, -0.15) is 0 Å². The third-order valence-corrected chi connectivity index (χ3v) is 3.88. The average Bonchev–Trinajstić information content (AvgIpc) is 2.44. The zero-order valence-electron chi connectivity index (χ0n) is 13.5. The molecule has 0 heterocycles. The third kappa shape index (κ3) is 4.93. The Morgan fingerprint density at radius 3 is 2.71 bits per heavy atom. The van der Waals surface area contributed by atoms with E-state index in [0.717, 1.165) is 12.0 Å². The topological polar surface area (TPSA) is 70.6 Å². The first-order valence-electron chi connectivity index (χ1n) is 7.22. The summed E-state index contributed by atoms with van der Waals surface area (Å²) in [6.45, 7) is 7.84. The number of carbonyl (C=O) groups is 1. The fourth-order valence-electron chi connectivity index (χ4n) is 1.96. The van der Waals surface area contributed by atoms with E-state index in [-0.39, 0.29) is 18.5 Å². The summed E-state index contributed by atoms with van der Waals surface area (Å²) in [5.41, 5.74) is 0.707. The van der Waals surface area contributed by atoms with E-state index in [0.29, 0.717) is 11.4 Å². The molecule has 5 nitrogen and oxygen atoms in total. The van der Waals surface area contributed by atoms with E-state index >= 15 is 0 Å². The highest BCUT2D eigenvalue weighted by Crippen LogP contribution is 2.25. The van der Waals surface area contributed by atoms with Gasteiger partial charge in [-0.3, -0.25) is 0 Å². The summed E-state index contributed by atoms with van der Waals surface area (Å²) in [6, 6.07) is 5.20. The standard InChI is InChI=1S/C16H26N2O3/c1-6-12(3)16(4,20)10-17-15(19)18-13-9-11(2)7-8-14(13)21-5/h7-9,12,20H,6,10H2,1-5H3,(H2,17,18,19). The maximum Gasteiger partial charge on any atom is 0.319 e. The fourth-order valence-corrected chi connectivity index (χ4v) is 1.96. The van der Waals surface area contributed by atoms with E-state index in [1.165, 1.54) is 0 Å². The summed E-state index contributed by atoms with van der Waals surface area (Å²) < 4.78 is 5.21. The van der Waals surface area contributed by atoms with E-state index in [1.807, 2.05) is 32.9 Å². The van der Waals surface area contributed by atoms with Crippen molar-refractivity contribution in [2.75, 3.05) is 19.0 Å². The number of aliphatic hydroxyl groups is 1. The van der Waals surface area contributed by atoms with Crippen LogP contribution in [0, 0.1) is 12.8 Å². The second-order valence-electron chi connectivity index (χ2n) is 5.68. The average molecular weight is 294 g/mol. The van der Waals surface area contributed by atoms with E-state index < -0.39 is 5.60 Å². The highest BCUT2D eigenvalue weighted by molar-refractivity contribution is 5.91. The Kier molecular flexibility index (Phi) is 6.03. The van der Waals surface area contributed by atoms with Crippen LogP contribution < -0.4 is 15.4 Å². The molecule has 0 saturated heterocycles. The summed E-state index contributed by atoms with van der Waals surface area (Å²) in [6.07, 6.45) is 0.849. The first-order chi connectivity index (χ1) is 9.80. The Morgan fingerprint density at radius 2 is 2.14 bits per heavy atom. The van der Waals surface area contributed by atoms with Crippen LogP contribution in [-0.2, 0) is 0 Å². The first-order valence-corrected chi connectivity index (χ1v) is 7.22. The monoisotopic (exact) mass is 294 g/mol. The number of rotatable bonds is 6. The largest absolute Gasteiger partial charge is 0.495 e. The predicted octanol–water partition coefficient (Wildman–Crippen LogP) is 2.92. The molecule has 118 valence electrons. The van der Waals surface area contributed by atoms with Gasteiger partial charge in [0.15, 0.2) is 0 Å². The van der Waals surface area contributed by atoms with Gasteiger partial charge in [0.05, 0.1) is 18.4 Å². The number of anilines is 1. The molecular weight excluding hydrogens is 268 g/mol. The molecule has 0 aliphatic carbocycles. The van der Waals surface area contributed by atoms with Gasteiger partial charge in [-0.05, 0) is 37.5 Å². The van der Waals surface area contributed by atoms with Crippen molar-refractivity contribution in [2.45, 2.75) is 39.7 Å². The van der Waals surface area contributed by atoms with Gasteiger partial charge in [-0.1, -0.05) is 26.3 Å². The smallest absolute Gasteiger partial charge is 0.319 e. The summed E-state index contributed by atoms with van der Waals surface area (Å²) in [7, 11) is 1.56. The normalized spacial score (nSPS) is 15.0. The highest BCUT2D eigenvalue weighted by atomic mass is 16.5. The lowest BCUT2D eigenvalue weighted by Crippen LogP contribution is -2.46. The number of methoxy groups -OCH3 is 1. The van der Waals surface area contributed by atoms with Crippen molar-refractivity contribution < 1.29 is 14.6 Å². The summed E-state index contributed by atoms with van der Waals surface area (Å²) in [5.74, 6) is 0.704. The molecule has 2 atom stereocenters. The molecule has 2 amide bonds. The van der Waals surface area contributed by atoms with Gasteiger partial charge < -0.3 is 20.5 Å². The van der Waals surface area contributed by atoms with Crippen molar-refractivity contribution in [1.29, 1.82) is 0 Å². The molecular formula is C16H26N2O3. The number of hydrogen-bond acceptors (Lipinski definition) is 3. The van der Waals surface area contributed by atoms with Crippen LogP contribution in [0.25, 0.3) is 0 Å². The fraction of sp³-hybridized carbons (Fsp3) is 0.562. The molecule has 2 unspecified atom stereocenters. The lowest BCUT2D eigenvalue weighted by Gasteiger charge is -2.29. The highest BCUT2D eigenvalue weighted by Gasteiger charge is 2.27. The van der Waals surface area contributed by atoms with Gasteiger partial charge in [0, 0.05) is 6.54 Å². The number of carbonyl (C=O) groups excluding carboxylic acids is 1. The minimum absolute atomic E-state index is 0.103. The number of urea groups is 1. The summed E-state index contributed by atoms with van der Waals surface area (Å²) >= 11 is 0. The number of ether oxygens (including phenoxy) is 1. The maximum atomic E-state index is 12.0. The van der Waals surface area contributed by atoms with Crippen LogP contribution in [0.1, 0.15) is 32.8 Å². The molecule has 1 aromatic carbocycles. The minimum Gasteiger partial charge on any atom is -0.495 e. The van der Waals surface area contributed by atoms with Crippen molar-refractivity contribution >= 4 is 11.7 Å². The number of hydrogen-bond donors (Lipinski definition) is 3. The van der Waals surface area contributed by atoms with Gasteiger partial charge in [-0.15, -0.1) is 0 Å². The lowest BCUT2D eigenvalue weighted by molar-refractivity contribution is 0.00827. The zero-order valence-corrected chi connectivity index (χ0v) is 13.5. The summed E-state index contributed by atoms with van der Waals surface area (Å²) in [4.78, 5) is 12.0. The molecule has 21 heavy (non-hydrogen) atoms. The molecule has 0 radical (unpaired) electrons. The summed E-state index contributed by atoms with van der Waals surface area (Å²) in [5, 5.41) is 15.7. The van der Waals surface area contributed by atoms with Gasteiger partial charge in [0.2, 0.25) is 0 Å². The van der Waals surface area contributed by atoms with E-state index in [9.17, 15) is 9.90 Å². The third-order valence-electron chi connectivity index (χ3n) is 3.88. The SMILES string of the molecule is CCC(C)C(C)(O)CNC(=O)Nc1cc(C)ccc1OC. The van der Waals surface area contributed by atoms with Gasteiger partial charge in [0.25, 0.3) is 0 Å². The van der Waals surface area contributed by atoms with E-state index in [2.05, 4.69) is 10.6 Å². The molecule has 0 spiro atoms.